The molecule has 4 aromatic heterocycles. The molecule has 17 rings (SSSR count). The number of piperidine rings is 4. The summed E-state index contributed by atoms with van der Waals surface area (Å²) in [5, 5.41) is 3.94. The number of ether oxygens (including phenoxy) is 3. The Morgan fingerprint density at radius 2 is 0.858 bits per heavy atom. The lowest BCUT2D eigenvalue weighted by Gasteiger charge is -2.56. The standard InChI is InChI=1S/C27H34F3N3O2.C25H32ClN3O3.C23H27F4N3O2.C21H24F3N3O.H2/c1-18(2)35-22-8-7-20(17-19(22)3)25(34)31-13-11-26(12-14-31)23-9-10-24(27(28,29)30)32(23)15-16-33(26)21-5-4-6-21;1-5-21(30)20-7-9-23-25(27(4)14-15-29(20)23)10-12-28(13-11-25)24(31)18-6-8-22(19(26)16-18)32-17(2)3;1-14(2)32-18-5-4-16(12-17(18)24)21(31)29-10-8-22(9-11-29)19-6-7-20(23(25,26)27)30(19)13-15(3)28-22;1-15-4-3-5-16(14-15)19(28)26-10-8-20(9-11-26)17-6-7-18(21(22,23)24)27(17)13-12-25(20)2;/h7-10,17-18,21H,4-6,11-16H2,1-3H3;6-9,16-17H,5,10-15H2,1-4H3;4-7,12,14-15,28H,8-11,13H2,1-3H3;3-7,14H,8-13H2,1-2H3;1H/t;;15-;;/m..0../s1. The topological polar surface area (TPSA) is 167 Å². The van der Waals surface area contributed by atoms with Gasteiger partial charge in [0.15, 0.2) is 17.3 Å². The number of aromatic nitrogens is 4. The van der Waals surface area contributed by atoms with E-state index in [9.17, 15) is 67.9 Å². The minimum atomic E-state index is -4.41. The van der Waals surface area contributed by atoms with Crippen LogP contribution in [0.5, 0.6) is 17.2 Å². The number of likely N-dealkylation sites (tertiary alicyclic amines) is 4. The van der Waals surface area contributed by atoms with Crippen molar-refractivity contribution in [1.82, 2.24) is 57.9 Å². The van der Waals surface area contributed by atoms with Gasteiger partial charge in [-0.3, -0.25) is 38.7 Å². The van der Waals surface area contributed by atoms with Crippen LogP contribution in [0.4, 0.5) is 43.9 Å². The van der Waals surface area contributed by atoms with Crippen LogP contribution in [0.2, 0.25) is 5.02 Å². The molecule has 4 spiro atoms. The maximum atomic E-state index is 14.3. The molecular weight excluding hydrogens is 1670 g/mol. The highest BCUT2D eigenvalue weighted by atomic mass is 35.5. The first-order chi connectivity index (χ1) is 60.1. The molecule has 0 radical (unpaired) electrons. The maximum Gasteiger partial charge on any atom is 0.431 e. The number of carbonyl (C=O) groups is 5. The normalized spacial score (nSPS) is 19.8. The zero-order valence-corrected chi connectivity index (χ0v) is 75.2. The number of benzene rings is 4. The smallest absolute Gasteiger partial charge is 0.431 e. The fourth-order valence-corrected chi connectivity index (χ4v) is 21.0. The fourth-order valence-electron chi connectivity index (χ4n) is 20.8. The van der Waals surface area contributed by atoms with Crippen LogP contribution in [-0.2, 0) is 66.9 Å². The Hall–Kier alpha value is -9.62. The van der Waals surface area contributed by atoms with Gasteiger partial charge in [0, 0.05) is 163 Å². The van der Waals surface area contributed by atoms with Gasteiger partial charge in [-0.15, -0.1) is 0 Å². The van der Waals surface area contributed by atoms with Gasteiger partial charge in [0.1, 0.15) is 28.6 Å². The molecule has 8 aromatic rings. The number of alkyl halides is 9. The molecule has 1 saturated carbocycles. The summed E-state index contributed by atoms with van der Waals surface area (Å²) < 4.78 is 159. The van der Waals surface area contributed by atoms with Gasteiger partial charge >= 0.3 is 18.5 Å². The summed E-state index contributed by atoms with van der Waals surface area (Å²) in [4.78, 5) is 79.0. The van der Waals surface area contributed by atoms with Crippen molar-refractivity contribution in [2.45, 2.75) is 244 Å². The van der Waals surface area contributed by atoms with Crippen molar-refractivity contribution in [1.29, 1.82) is 0 Å². The van der Waals surface area contributed by atoms with Crippen LogP contribution in [0, 0.1) is 19.7 Å². The number of hydrogen-bond acceptors (Lipinski definition) is 12. The number of nitrogens with one attached hydrogen (secondary N) is 1. The molecule has 127 heavy (non-hydrogen) atoms. The number of hydrogen-bond donors (Lipinski definition) is 1. The Bertz CT molecular complexity index is 5330. The predicted molar refractivity (Wildman–Crippen MR) is 466 cm³/mol. The van der Waals surface area contributed by atoms with Gasteiger partial charge in [-0.25, -0.2) is 4.39 Å². The number of nitrogens with zero attached hydrogens (tertiary/aromatic N) is 11. The minimum Gasteiger partial charge on any atom is -0.491 e. The summed E-state index contributed by atoms with van der Waals surface area (Å²) in [5.74, 6) is 0.698. The second-order valence-corrected chi connectivity index (χ2v) is 36.8. The van der Waals surface area contributed by atoms with Crippen molar-refractivity contribution in [3.8, 4) is 17.2 Å². The zero-order valence-electron chi connectivity index (χ0n) is 74.4. The van der Waals surface area contributed by atoms with Crippen LogP contribution in [0.1, 0.15) is 237 Å². The van der Waals surface area contributed by atoms with Gasteiger partial charge in [0.25, 0.3) is 23.6 Å². The second-order valence-electron chi connectivity index (χ2n) is 36.4. The molecule has 4 saturated heterocycles. The average Bonchev–Trinajstić information content (AvgIpc) is 1.49. The van der Waals surface area contributed by atoms with Crippen LogP contribution in [0.15, 0.2) is 127 Å². The van der Waals surface area contributed by atoms with Crippen molar-refractivity contribution < 1.29 is 83.5 Å². The molecular formula is C96H119ClF10N12O8. The van der Waals surface area contributed by atoms with Gasteiger partial charge < -0.3 is 57.4 Å². The summed E-state index contributed by atoms with van der Waals surface area (Å²) in [7, 11) is 4.13. The molecule has 0 bridgehead atoms. The van der Waals surface area contributed by atoms with Gasteiger partial charge in [-0.1, -0.05) is 42.6 Å². The van der Waals surface area contributed by atoms with E-state index >= 15 is 0 Å². The molecule has 1 aliphatic carbocycles. The molecule has 4 aromatic carbocycles. The lowest BCUT2D eigenvalue weighted by atomic mass is 9.77. The summed E-state index contributed by atoms with van der Waals surface area (Å²) in [5.41, 5.74) is 4.69. The Morgan fingerprint density at radius 3 is 1.31 bits per heavy atom. The molecule has 5 fully saturated rings. The molecule has 9 aliphatic rings. The summed E-state index contributed by atoms with van der Waals surface area (Å²) in [6, 6.07) is 35.2. The van der Waals surface area contributed by atoms with Crippen molar-refractivity contribution >= 4 is 41.0 Å². The first kappa shape index (κ1) is 93.5. The molecule has 1 atom stereocenters. The van der Waals surface area contributed by atoms with Crippen LogP contribution in [0.3, 0.4) is 0 Å². The maximum absolute atomic E-state index is 14.3. The van der Waals surface area contributed by atoms with Gasteiger partial charge in [0.05, 0.1) is 51.2 Å². The Labute approximate surface area is 742 Å². The number of rotatable bonds is 13. The van der Waals surface area contributed by atoms with E-state index in [2.05, 4.69) is 37.7 Å². The first-order valence-electron chi connectivity index (χ1n) is 44.5. The largest absolute Gasteiger partial charge is 0.491 e. The van der Waals surface area contributed by atoms with Crippen molar-refractivity contribution in [3.05, 3.63) is 217 Å². The van der Waals surface area contributed by atoms with Gasteiger partial charge in [0.2, 0.25) is 0 Å². The van der Waals surface area contributed by atoms with Crippen LogP contribution in [0.25, 0.3) is 0 Å². The highest BCUT2D eigenvalue weighted by Crippen LogP contribution is 2.51. The molecule has 688 valence electrons. The quantitative estimate of drug-likeness (QED) is 0.0858. The summed E-state index contributed by atoms with van der Waals surface area (Å²) in [6.07, 6.45) is -4.20. The van der Waals surface area contributed by atoms with E-state index in [1.807, 2.05) is 120 Å². The van der Waals surface area contributed by atoms with E-state index < -0.39 is 58.0 Å². The number of ketones is 1. The third-order valence-corrected chi connectivity index (χ3v) is 27.7. The number of likely N-dealkylation sites (N-methyl/N-ethyl adjacent to an activating group) is 2. The molecule has 4 amide bonds. The Kier molecular flexibility index (Phi) is 27.3. The van der Waals surface area contributed by atoms with Crippen LogP contribution in [-0.4, -0.2) is 198 Å². The molecule has 31 heteroatoms. The average molecular weight is 1790 g/mol. The van der Waals surface area contributed by atoms with E-state index in [0.29, 0.717) is 163 Å². The highest BCUT2D eigenvalue weighted by Gasteiger charge is 2.54. The number of fused-ring (bicyclic) bond motifs is 8. The van der Waals surface area contributed by atoms with Crippen LogP contribution >= 0.6 is 11.6 Å². The monoisotopic (exact) mass is 1790 g/mol. The third kappa shape index (κ3) is 19.0. The minimum absolute atomic E-state index is 0. The first-order valence-corrected chi connectivity index (χ1v) is 44.9. The van der Waals surface area contributed by atoms with Crippen LogP contribution < -0.4 is 19.5 Å². The lowest BCUT2D eigenvalue weighted by molar-refractivity contribution is -0.146. The van der Waals surface area contributed by atoms with E-state index in [1.165, 1.54) is 56.1 Å². The SMILES string of the molecule is CC(C)Oc1ccc(C(=O)N2CCC3(CC2)N[C@@H](C)Cn2c(C(F)(F)F)ccc23)cc1F.CCC(=O)c1ccc2n1CCN(C)C21CCN(C(=O)c2ccc(OC(C)C)c(Cl)c2)CC1.Cc1cc(C(=O)N2CCC3(CC2)c2ccc(C(F)(F)F)n2CCN3C2CCC2)ccc1OC(C)C.Cc1cccc(C(=O)N2CCC3(CC2)c2ccc(C(F)(F)F)n2CCN3C)c1.[HH]. The molecule has 0 unspecified atom stereocenters. The number of amides is 4. The Morgan fingerprint density at radius 1 is 0.457 bits per heavy atom. The lowest BCUT2D eigenvalue weighted by Crippen LogP contribution is -2.62. The molecule has 12 heterocycles. The second kappa shape index (κ2) is 37.1. The van der Waals surface area contributed by atoms with Gasteiger partial charge in [-0.05, 0) is 261 Å². The Balaban J connectivity index is 0.000000146. The fraction of sp³-hybridized carbons (Fsp3) is 0.531. The summed E-state index contributed by atoms with van der Waals surface area (Å²) >= 11 is 6.36. The number of carbonyl (C=O) groups excluding carboxylic acids is 5. The molecule has 8 aliphatic heterocycles. The predicted octanol–water partition coefficient (Wildman–Crippen LogP) is 18.9. The van der Waals surface area contributed by atoms with Gasteiger partial charge in [-0.2, -0.15) is 39.5 Å². The summed E-state index contributed by atoms with van der Waals surface area (Å²) in [6.45, 7) is 27.1. The molecule has 20 nitrogen and oxygen atoms in total. The third-order valence-electron chi connectivity index (χ3n) is 27.4. The van der Waals surface area contributed by atoms with Crippen molar-refractivity contribution in [2.24, 2.45) is 0 Å². The van der Waals surface area contributed by atoms with E-state index in [1.54, 1.807) is 61.2 Å². The van der Waals surface area contributed by atoms with E-state index in [-0.39, 0.29) is 78.6 Å². The zero-order chi connectivity index (χ0) is 91.4. The molecule has 1 N–H and O–H groups in total. The van der Waals surface area contributed by atoms with Crippen molar-refractivity contribution in [2.75, 3.05) is 86.1 Å². The highest BCUT2D eigenvalue weighted by molar-refractivity contribution is 6.32. The number of halogens is 11. The van der Waals surface area contributed by atoms with Crippen molar-refractivity contribution in [3.63, 3.8) is 0 Å². The van der Waals surface area contributed by atoms with E-state index in [0.717, 1.165) is 78.8 Å². The number of aryl methyl sites for hydroxylation is 2. The van der Waals surface area contributed by atoms with E-state index in [4.69, 9.17) is 25.8 Å². The number of Topliss-reactive ketones (excluding diaryl/α,β-unsaturated/α-hetero) is 1.